The van der Waals surface area contributed by atoms with Crippen molar-refractivity contribution in [3.8, 4) is 0 Å². The number of benzene rings is 1. The Labute approximate surface area is 152 Å². The van der Waals surface area contributed by atoms with Gasteiger partial charge in [0.25, 0.3) is 0 Å². The molecule has 1 aliphatic carbocycles. The zero-order valence-corrected chi connectivity index (χ0v) is 16.2. The lowest BCUT2D eigenvalue weighted by molar-refractivity contribution is 0.260. The van der Waals surface area contributed by atoms with Gasteiger partial charge in [0.15, 0.2) is 0 Å². The summed E-state index contributed by atoms with van der Waals surface area (Å²) in [5.41, 5.74) is 7.41. The highest BCUT2D eigenvalue weighted by Crippen LogP contribution is 2.37. The Kier molecular flexibility index (Phi) is 6.35. The Morgan fingerprint density at radius 1 is 1.21 bits per heavy atom. The van der Waals surface area contributed by atoms with Crippen molar-refractivity contribution in [3.05, 3.63) is 29.8 Å². The van der Waals surface area contributed by atoms with Crippen molar-refractivity contribution < 1.29 is 8.42 Å². The highest BCUT2D eigenvalue weighted by atomic mass is 35.5. The maximum atomic E-state index is 12.9. The normalized spacial score (nSPS) is 28.9. The average Bonchev–Trinajstić information content (AvgIpc) is 3.01. The van der Waals surface area contributed by atoms with E-state index in [2.05, 4.69) is 13.8 Å². The van der Waals surface area contributed by atoms with Crippen LogP contribution < -0.4 is 5.73 Å². The Balaban J connectivity index is 0.00000208. The lowest BCUT2D eigenvalue weighted by Crippen LogP contribution is -2.38. The van der Waals surface area contributed by atoms with Gasteiger partial charge in [0, 0.05) is 19.1 Å². The number of hydrogen-bond acceptors (Lipinski definition) is 3. The van der Waals surface area contributed by atoms with E-state index in [0.717, 1.165) is 25.7 Å². The van der Waals surface area contributed by atoms with Crippen LogP contribution in [-0.4, -0.2) is 31.9 Å². The standard InChI is InChI=1S/C18H28N2O2S.ClH/c1-3-13(2)14-7-9-16(10-8-14)23(21,22)20-11-15-5-4-6-18(19)17(15)12-20;/h7-10,13,15,17-18H,3-6,11-12,19H2,1-2H3;1H. The first-order chi connectivity index (χ1) is 10.9. The molecule has 24 heavy (non-hydrogen) atoms. The van der Waals surface area contributed by atoms with Crippen LogP contribution in [-0.2, 0) is 10.0 Å². The van der Waals surface area contributed by atoms with Crippen LogP contribution in [0.4, 0.5) is 0 Å². The maximum Gasteiger partial charge on any atom is 0.243 e. The molecule has 136 valence electrons. The molecule has 6 heteroatoms. The summed E-state index contributed by atoms with van der Waals surface area (Å²) in [7, 11) is -3.39. The molecule has 1 saturated carbocycles. The van der Waals surface area contributed by atoms with E-state index in [9.17, 15) is 8.42 Å². The number of sulfonamides is 1. The van der Waals surface area contributed by atoms with Crippen LogP contribution in [0, 0.1) is 11.8 Å². The summed E-state index contributed by atoms with van der Waals surface area (Å²) in [5, 5.41) is 0. The first kappa shape index (κ1) is 19.7. The van der Waals surface area contributed by atoms with E-state index < -0.39 is 10.0 Å². The summed E-state index contributed by atoms with van der Waals surface area (Å²) in [6.07, 6.45) is 4.31. The Bertz CT molecular complexity index is 647. The smallest absolute Gasteiger partial charge is 0.243 e. The minimum absolute atomic E-state index is 0. The summed E-state index contributed by atoms with van der Waals surface area (Å²) in [4.78, 5) is 0.414. The van der Waals surface area contributed by atoms with Crippen molar-refractivity contribution in [3.63, 3.8) is 0 Å². The number of hydrogen-bond donors (Lipinski definition) is 1. The molecule has 0 radical (unpaired) electrons. The Morgan fingerprint density at radius 2 is 1.88 bits per heavy atom. The number of fused-ring (bicyclic) bond motifs is 1. The van der Waals surface area contributed by atoms with E-state index in [1.54, 1.807) is 16.4 Å². The van der Waals surface area contributed by atoms with Gasteiger partial charge in [-0.1, -0.05) is 32.4 Å². The monoisotopic (exact) mass is 372 g/mol. The molecule has 4 unspecified atom stereocenters. The molecule has 1 heterocycles. The van der Waals surface area contributed by atoms with E-state index in [1.165, 1.54) is 5.56 Å². The number of halogens is 1. The van der Waals surface area contributed by atoms with Gasteiger partial charge in [0.1, 0.15) is 0 Å². The van der Waals surface area contributed by atoms with E-state index in [-0.39, 0.29) is 18.4 Å². The Morgan fingerprint density at radius 3 is 2.46 bits per heavy atom. The first-order valence-corrected chi connectivity index (χ1v) is 10.2. The van der Waals surface area contributed by atoms with Crippen LogP contribution in [0.1, 0.15) is 51.0 Å². The second-order valence-corrected chi connectivity index (χ2v) is 9.16. The summed E-state index contributed by atoms with van der Waals surface area (Å²) in [6, 6.07) is 7.59. The molecule has 0 spiro atoms. The molecule has 0 amide bonds. The number of nitrogens with zero attached hydrogens (tertiary/aromatic N) is 1. The second-order valence-electron chi connectivity index (χ2n) is 7.22. The summed E-state index contributed by atoms with van der Waals surface area (Å²) in [6.45, 7) is 5.52. The summed E-state index contributed by atoms with van der Waals surface area (Å²) >= 11 is 0. The molecule has 4 atom stereocenters. The largest absolute Gasteiger partial charge is 0.327 e. The van der Waals surface area contributed by atoms with Crippen molar-refractivity contribution in [2.45, 2.75) is 56.4 Å². The predicted octanol–water partition coefficient (Wildman–Crippen LogP) is 3.37. The number of nitrogens with two attached hydrogens (primary N) is 1. The molecule has 2 fully saturated rings. The highest BCUT2D eigenvalue weighted by Gasteiger charge is 2.43. The van der Waals surface area contributed by atoms with E-state index in [4.69, 9.17) is 5.73 Å². The van der Waals surface area contributed by atoms with Crippen LogP contribution in [0.2, 0.25) is 0 Å². The molecule has 1 aromatic rings. The van der Waals surface area contributed by atoms with Crippen LogP contribution in [0.3, 0.4) is 0 Å². The van der Waals surface area contributed by atoms with Crippen LogP contribution in [0.5, 0.6) is 0 Å². The van der Waals surface area contributed by atoms with Gasteiger partial charge in [0.2, 0.25) is 10.0 Å². The van der Waals surface area contributed by atoms with Gasteiger partial charge in [-0.2, -0.15) is 4.31 Å². The molecular weight excluding hydrogens is 344 g/mol. The topological polar surface area (TPSA) is 63.4 Å². The van der Waals surface area contributed by atoms with Crippen molar-refractivity contribution >= 4 is 22.4 Å². The molecule has 1 saturated heterocycles. The predicted molar refractivity (Wildman–Crippen MR) is 100.0 cm³/mol. The van der Waals surface area contributed by atoms with Crippen molar-refractivity contribution in [1.29, 1.82) is 0 Å². The van der Waals surface area contributed by atoms with Crippen molar-refractivity contribution in [2.75, 3.05) is 13.1 Å². The molecule has 0 bridgehead atoms. The minimum atomic E-state index is -3.39. The van der Waals surface area contributed by atoms with Gasteiger partial charge in [-0.3, -0.25) is 0 Å². The molecule has 2 aliphatic rings. The third-order valence-corrected chi connectivity index (χ3v) is 7.67. The van der Waals surface area contributed by atoms with Gasteiger partial charge in [-0.15, -0.1) is 12.4 Å². The fourth-order valence-electron chi connectivity index (χ4n) is 4.03. The average molecular weight is 373 g/mol. The van der Waals surface area contributed by atoms with Gasteiger partial charge < -0.3 is 5.73 Å². The van der Waals surface area contributed by atoms with E-state index >= 15 is 0 Å². The van der Waals surface area contributed by atoms with E-state index in [1.807, 2.05) is 12.1 Å². The SMILES string of the molecule is CCC(C)c1ccc(S(=O)(=O)N2CC3CCCC(N)C3C2)cc1.Cl. The van der Waals surface area contributed by atoms with Gasteiger partial charge in [-0.25, -0.2) is 8.42 Å². The molecule has 1 aromatic carbocycles. The summed E-state index contributed by atoms with van der Waals surface area (Å²) < 4.78 is 27.5. The van der Waals surface area contributed by atoms with Crippen molar-refractivity contribution in [2.24, 2.45) is 17.6 Å². The van der Waals surface area contributed by atoms with Gasteiger partial charge >= 0.3 is 0 Å². The molecular formula is C18H29ClN2O2S. The lowest BCUT2D eigenvalue weighted by atomic mass is 9.78. The Hall–Kier alpha value is -0.620. The van der Waals surface area contributed by atoms with Crippen molar-refractivity contribution in [1.82, 2.24) is 4.31 Å². The second kappa shape index (κ2) is 7.73. The van der Waals surface area contributed by atoms with Gasteiger partial charge in [-0.05, 0) is 54.7 Å². The van der Waals surface area contributed by atoms with E-state index in [0.29, 0.717) is 35.7 Å². The zero-order chi connectivity index (χ0) is 16.6. The number of rotatable bonds is 4. The van der Waals surface area contributed by atoms with Gasteiger partial charge in [0.05, 0.1) is 4.90 Å². The molecule has 1 aliphatic heterocycles. The highest BCUT2D eigenvalue weighted by molar-refractivity contribution is 7.89. The fraction of sp³-hybridized carbons (Fsp3) is 0.667. The first-order valence-electron chi connectivity index (χ1n) is 8.79. The third kappa shape index (κ3) is 3.64. The molecule has 0 aromatic heterocycles. The quantitative estimate of drug-likeness (QED) is 0.881. The molecule has 3 rings (SSSR count). The van der Waals surface area contributed by atoms with Crippen LogP contribution in [0.25, 0.3) is 0 Å². The lowest BCUT2D eigenvalue weighted by Gasteiger charge is -2.29. The summed E-state index contributed by atoms with van der Waals surface area (Å²) in [5.74, 6) is 1.23. The molecule has 4 nitrogen and oxygen atoms in total. The minimum Gasteiger partial charge on any atom is -0.327 e. The zero-order valence-electron chi connectivity index (χ0n) is 14.5. The fourth-order valence-corrected chi connectivity index (χ4v) is 5.56. The maximum absolute atomic E-state index is 12.9. The van der Waals surface area contributed by atoms with Crippen LogP contribution >= 0.6 is 12.4 Å². The molecule has 2 N–H and O–H groups in total. The third-order valence-electron chi connectivity index (χ3n) is 5.82. The van der Waals surface area contributed by atoms with Crippen LogP contribution in [0.15, 0.2) is 29.2 Å².